The maximum absolute atomic E-state index is 12.7. The van der Waals surface area contributed by atoms with E-state index in [1.165, 1.54) is 11.1 Å². The van der Waals surface area contributed by atoms with Crippen LogP contribution in [-0.4, -0.2) is 12.9 Å². The molecule has 1 aliphatic rings. The van der Waals surface area contributed by atoms with Gasteiger partial charge in [0.15, 0.2) is 5.78 Å². The molecular formula is C27H22O2. The first-order valence-electron chi connectivity index (χ1n) is 10.00. The molecule has 0 heterocycles. The Bertz CT molecular complexity index is 1240. The summed E-state index contributed by atoms with van der Waals surface area (Å²) in [5.74, 6) is 1.17. The Morgan fingerprint density at radius 3 is 2.41 bits per heavy atom. The lowest BCUT2D eigenvalue weighted by molar-refractivity contribution is 0.0946. The zero-order valence-electron chi connectivity index (χ0n) is 16.6. The van der Waals surface area contributed by atoms with Gasteiger partial charge >= 0.3 is 0 Å². The average Bonchev–Trinajstić information content (AvgIpc) is 3.06. The first kappa shape index (κ1) is 17.7. The Kier molecular flexibility index (Phi) is 4.21. The number of carbonyl (C=O) groups is 1. The second-order valence-corrected chi connectivity index (χ2v) is 7.75. The third kappa shape index (κ3) is 2.84. The lowest BCUT2D eigenvalue weighted by Crippen LogP contribution is -2.02. The maximum atomic E-state index is 12.7. The minimum absolute atomic E-state index is 0.0411. The molecule has 0 radical (unpaired) electrons. The van der Waals surface area contributed by atoms with Gasteiger partial charge in [-0.2, -0.15) is 0 Å². The molecule has 4 aromatic carbocycles. The standard InChI is InChI=1S/C27H22O2/c1-17-15-24-22(27(17)28)14-13-21(26(24)19-7-4-3-5-8-19)20-12-11-18-9-6-10-25(29-2)23(18)16-20/h3-14,16-17H,15H2,1-2H3. The molecule has 1 aliphatic carbocycles. The fraction of sp³-hybridized carbons (Fsp3) is 0.148. The summed E-state index contributed by atoms with van der Waals surface area (Å²) < 4.78 is 5.59. The van der Waals surface area contributed by atoms with Crippen molar-refractivity contribution in [1.82, 2.24) is 0 Å². The van der Waals surface area contributed by atoms with Crippen LogP contribution in [0.15, 0.2) is 78.9 Å². The van der Waals surface area contributed by atoms with Crippen LogP contribution in [-0.2, 0) is 6.42 Å². The van der Waals surface area contributed by atoms with Gasteiger partial charge in [0.2, 0.25) is 0 Å². The summed E-state index contributed by atoms with van der Waals surface area (Å²) in [6.45, 7) is 2.03. The molecule has 1 atom stereocenters. The van der Waals surface area contributed by atoms with E-state index in [4.69, 9.17) is 4.74 Å². The van der Waals surface area contributed by atoms with Crippen LogP contribution in [0.4, 0.5) is 0 Å². The van der Waals surface area contributed by atoms with Crippen LogP contribution in [0.2, 0.25) is 0 Å². The lowest BCUT2D eigenvalue weighted by atomic mass is 9.88. The van der Waals surface area contributed by atoms with Gasteiger partial charge in [0.05, 0.1) is 7.11 Å². The molecular weight excluding hydrogens is 356 g/mol. The van der Waals surface area contributed by atoms with E-state index in [0.717, 1.165) is 45.2 Å². The van der Waals surface area contributed by atoms with Crippen LogP contribution < -0.4 is 4.74 Å². The summed E-state index contributed by atoms with van der Waals surface area (Å²) in [6.07, 6.45) is 0.795. The molecule has 0 spiro atoms. The second kappa shape index (κ2) is 6.89. The minimum atomic E-state index is 0.0411. The molecule has 0 amide bonds. The number of carbonyl (C=O) groups excluding carboxylic acids is 1. The highest BCUT2D eigenvalue weighted by atomic mass is 16.5. The van der Waals surface area contributed by atoms with E-state index in [0.29, 0.717) is 0 Å². The summed E-state index contributed by atoms with van der Waals surface area (Å²) >= 11 is 0. The number of ether oxygens (including phenoxy) is 1. The smallest absolute Gasteiger partial charge is 0.166 e. The SMILES string of the molecule is COc1cccc2ccc(-c3ccc4c(c3-c3ccccc3)CC(C)C4=O)cc12. The van der Waals surface area contributed by atoms with E-state index in [1.807, 2.05) is 31.2 Å². The molecule has 5 rings (SSSR count). The summed E-state index contributed by atoms with van der Waals surface area (Å²) in [4.78, 5) is 12.7. The summed E-state index contributed by atoms with van der Waals surface area (Å²) in [7, 11) is 1.71. The molecule has 0 fully saturated rings. The molecule has 142 valence electrons. The Balaban J connectivity index is 1.79. The van der Waals surface area contributed by atoms with Crippen LogP contribution in [0.3, 0.4) is 0 Å². The highest BCUT2D eigenvalue weighted by Crippen LogP contribution is 2.42. The molecule has 0 bridgehead atoms. The lowest BCUT2D eigenvalue weighted by Gasteiger charge is -2.16. The zero-order valence-corrected chi connectivity index (χ0v) is 16.6. The van der Waals surface area contributed by atoms with Gasteiger partial charge in [-0.05, 0) is 51.8 Å². The molecule has 1 unspecified atom stereocenters. The Morgan fingerprint density at radius 1 is 0.828 bits per heavy atom. The summed E-state index contributed by atoms with van der Waals surface area (Å²) in [6, 6.07) is 27.1. The number of hydrogen-bond donors (Lipinski definition) is 0. The molecule has 0 saturated carbocycles. The van der Waals surface area contributed by atoms with Gasteiger partial charge in [0, 0.05) is 16.9 Å². The van der Waals surface area contributed by atoms with Gasteiger partial charge in [0.25, 0.3) is 0 Å². The van der Waals surface area contributed by atoms with Crippen molar-refractivity contribution in [3.8, 4) is 28.0 Å². The Labute approximate surface area is 170 Å². The molecule has 0 aliphatic heterocycles. The van der Waals surface area contributed by atoms with Crippen LogP contribution in [0.1, 0.15) is 22.8 Å². The van der Waals surface area contributed by atoms with Crippen LogP contribution in [0.5, 0.6) is 5.75 Å². The van der Waals surface area contributed by atoms with E-state index in [1.54, 1.807) is 7.11 Å². The highest BCUT2D eigenvalue weighted by molar-refractivity contribution is 6.06. The van der Waals surface area contributed by atoms with Gasteiger partial charge in [-0.15, -0.1) is 0 Å². The van der Waals surface area contributed by atoms with Crippen molar-refractivity contribution in [3.05, 3.63) is 90.0 Å². The van der Waals surface area contributed by atoms with Crippen LogP contribution in [0.25, 0.3) is 33.0 Å². The normalized spacial score (nSPS) is 15.5. The fourth-order valence-electron chi connectivity index (χ4n) is 4.52. The molecule has 0 aromatic heterocycles. The second-order valence-electron chi connectivity index (χ2n) is 7.75. The topological polar surface area (TPSA) is 26.3 Å². The van der Waals surface area contributed by atoms with Crippen molar-refractivity contribution in [2.45, 2.75) is 13.3 Å². The number of methoxy groups -OCH3 is 1. The quantitative estimate of drug-likeness (QED) is 0.404. The van der Waals surface area contributed by atoms with E-state index >= 15 is 0 Å². The predicted molar refractivity (Wildman–Crippen MR) is 119 cm³/mol. The van der Waals surface area contributed by atoms with Crippen molar-refractivity contribution >= 4 is 16.6 Å². The number of benzene rings is 4. The van der Waals surface area contributed by atoms with E-state index in [-0.39, 0.29) is 11.7 Å². The Hall–Kier alpha value is -3.39. The third-order valence-electron chi connectivity index (χ3n) is 5.97. The highest BCUT2D eigenvalue weighted by Gasteiger charge is 2.30. The van der Waals surface area contributed by atoms with E-state index in [9.17, 15) is 4.79 Å². The monoisotopic (exact) mass is 378 g/mol. The van der Waals surface area contributed by atoms with Crippen molar-refractivity contribution in [2.24, 2.45) is 5.92 Å². The number of ketones is 1. The molecule has 4 aromatic rings. The van der Waals surface area contributed by atoms with Crippen molar-refractivity contribution in [1.29, 1.82) is 0 Å². The first-order valence-corrected chi connectivity index (χ1v) is 10.00. The van der Waals surface area contributed by atoms with Crippen LogP contribution in [0, 0.1) is 5.92 Å². The predicted octanol–water partition coefficient (Wildman–Crippen LogP) is 6.56. The van der Waals surface area contributed by atoms with Crippen molar-refractivity contribution in [3.63, 3.8) is 0 Å². The van der Waals surface area contributed by atoms with Gasteiger partial charge < -0.3 is 4.74 Å². The Morgan fingerprint density at radius 2 is 1.62 bits per heavy atom. The number of rotatable bonds is 3. The maximum Gasteiger partial charge on any atom is 0.166 e. The molecule has 0 saturated heterocycles. The molecule has 0 N–H and O–H groups in total. The number of hydrogen-bond acceptors (Lipinski definition) is 2. The van der Waals surface area contributed by atoms with Gasteiger partial charge in [-0.1, -0.05) is 73.7 Å². The summed E-state index contributed by atoms with van der Waals surface area (Å²) in [5.41, 5.74) is 6.67. The summed E-state index contributed by atoms with van der Waals surface area (Å²) in [5, 5.41) is 2.25. The van der Waals surface area contributed by atoms with E-state index in [2.05, 4.69) is 54.6 Å². The van der Waals surface area contributed by atoms with Crippen molar-refractivity contribution < 1.29 is 9.53 Å². The zero-order chi connectivity index (χ0) is 20.0. The molecule has 29 heavy (non-hydrogen) atoms. The molecule has 2 nitrogen and oxygen atoms in total. The minimum Gasteiger partial charge on any atom is -0.496 e. The molecule has 2 heteroatoms. The average molecular weight is 378 g/mol. The fourth-order valence-corrected chi connectivity index (χ4v) is 4.52. The largest absolute Gasteiger partial charge is 0.496 e. The number of Topliss-reactive ketones (excluding diaryl/α,β-unsaturated/α-hetero) is 1. The van der Waals surface area contributed by atoms with Gasteiger partial charge in [0.1, 0.15) is 5.75 Å². The van der Waals surface area contributed by atoms with Gasteiger partial charge in [-0.25, -0.2) is 0 Å². The van der Waals surface area contributed by atoms with Crippen LogP contribution >= 0.6 is 0 Å². The van der Waals surface area contributed by atoms with Gasteiger partial charge in [-0.3, -0.25) is 4.79 Å². The number of fused-ring (bicyclic) bond motifs is 2. The van der Waals surface area contributed by atoms with E-state index < -0.39 is 0 Å². The van der Waals surface area contributed by atoms with Crippen molar-refractivity contribution in [2.75, 3.05) is 7.11 Å². The third-order valence-corrected chi connectivity index (χ3v) is 5.97. The first-order chi connectivity index (χ1) is 14.2.